The summed E-state index contributed by atoms with van der Waals surface area (Å²) in [6.45, 7) is 12.6. The molecular formula is C46H61F4N7O4. The number of nitrogens with one attached hydrogen (secondary N) is 3. The summed E-state index contributed by atoms with van der Waals surface area (Å²) < 4.78 is 62.5. The molecule has 2 aliphatic rings. The van der Waals surface area contributed by atoms with Crippen LogP contribution in [0.5, 0.6) is 0 Å². The number of aromatic nitrogens is 3. The molecule has 0 spiro atoms. The van der Waals surface area contributed by atoms with Gasteiger partial charge in [0, 0.05) is 60.7 Å². The van der Waals surface area contributed by atoms with Crippen LogP contribution < -0.4 is 10.6 Å². The topological polar surface area (TPSA) is 132 Å². The number of rotatable bonds is 16. The molecule has 0 saturated carbocycles. The minimum atomic E-state index is -1.35. The van der Waals surface area contributed by atoms with E-state index in [0.717, 1.165) is 0 Å². The molecule has 2 aromatic carbocycles. The molecule has 0 aliphatic carbocycles. The van der Waals surface area contributed by atoms with Crippen LogP contribution >= 0.6 is 0 Å². The summed E-state index contributed by atoms with van der Waals surface area (Å²) in [4.78, 5) is 66.0. The first-order valence-corrected chi connectivity index (χ1v) is 21.7. The molecular weight excluding hydrogens is 791 g/mol. The number of nitrogens with zero attached hydrogens (tertiary/aromatic N) is 4. The van der Waals surface area contributed by atoms with Crippen LogP contribution in [0.3, 0.4) is 0 Å². The Hall–Kier alpha value is -4.79. The highest BCUT2D eigenvalue weighted by atomic mass is 19.1. The lowest BCUT2D eigenvalue weighted by Crippen LogP contribution is -2.57. The number of hydrogen-bond donors (Lipinski definition) is 3. The van der Waals surface area contributed by atoms with Gasteiger partial charge in [0.25, 0.3) is 0 Å². The van der Waals surface area contributed by atoms with E-state index in [9.17, 15) is 28.0 Å². The molecule has 8 atom stereocenters. The molecule has 0 unspecified atom stereocenters. The number of amides is 3. The zero-order chi connectivity index (χ0) is 44.5. The van der Waals surface area contributed by atoms with Crippen molar-refractivity contribution in [3.8, 4) is 11.5 Å². The molecule has 6 rings (SSSR count). The van der Waals surface area contributed by atoms with Gasteiger partial charge in [0.05, 0.1) is 41.9 Å². The number of benzene rings is 2. The summed E-state index contributed by atoms with van der Waals surface area (Å²) >= 11 is 0. The molecule has 15 heteroatoms. The number of fused-ring (bicyclic) bond motifs is 2. The molecule has 11 nitrogen and oxygen atoms in total. The molecule has 4 heterocycles. The predicted octanol–water partition coefficient (Wildman–Crippen LogP) is 7.44. The largest absolute Gasteiger partial charge is 0.352 e. The Kier molecular flexibility index (Phi) is 14.0. The number of H-pyrrole nitrogens is 1. The number of Topliss-reactive ketones (excluding diaryl/α,β-unsaturated/α-hetero) is 1. The minimum absolute atomic E-state index is 0.00144. The highest BCUT2D eigenvalue weighted by molar-refractivity contribution is 5.93. The summed E-state index contributed by atoms with van der Waals surface area (Å²) in [6, 6.07) is 5.70. The van der Waals surface area contributed by atoms with Gasteiger partial charge in [0.15, 0.2) is 5.82 Å². The Labute approximate surface area is 355 Å². The minimum Gasteiger partial charge on any atom is -0.352 e. The second-order valence-corrected chi connectivity index (χ2v) is 18.3. The smallest absolute Gasteiger partial charge is 0.246 e. The van der Waals surface area contributed by atoms with Crippen molar-refractivity contribution in [3.63, 3.8) is 0 Å². The number of halogens is 4. The van der Waals surface area contributed by atoms with E-state index in [1.807, 2.05) is 34.6 Å². The Morgan fingerprint density at radius 1 is 0.918 bits per heavy atom. The first-order chi connectivity index (χ1) is 28.8. The molecule has 0 radical (unpaired) electrons. The van der Waals surface area contributed by atoms with Crippen LogP contribution in [-0.2, 0) is 32.1 Å². The normalized spacial score (nSPS) is 21.6. The Morgan fingerprint density at radius 2 is 1.56 bits per heavy atom. The first-order valence-electron chi connectivity index (χ1n) is 21.7. The molecule has 61 heavy (non-hydrogen) atoms. The number of aromatic amines is 1. The number of imidazole rings is 1. The van der Waals surface area contributed by atoms with Crippen LogP contribution in [0.25, 0.3) is 33.5 Å². The van der Waals surface area contributed by atoms with Crippen LogP contribution in [0.2, 0.25) is 0 Å². The number of likely N-dealkylation sites (tertiary alicyclic amines) is 2. The SMILES string of the molecule is CCC[C@H](CC(=O)[C@H](C)NC)C(=O)N1C[C@@H](F)C[C@H]1Cc1c(-c2nc3cc(F)ccc3n2C[C@@H]2C[C@H](F)CN2C(=O)[C@@H](NC(=O)[C@H](C)CC)C(C)(C)C)[nH]c2cc(F)ccc12. The van der Waals surface area contributed by atoms with Crippen LogP contribution in [0.1, 0.15) is 92.6 Å². The van der Waals surface area contributed by atoms with Crippen LogP contribution in [0.4, 0.5) is 17.6 Å². The van der Waals surface area contributed by atoms with E-state index in [1.165, 1.54) is 29.2 Å². The number of carbonyl (C=O) groups is 4. The molecule has 2 fully saturated rings. The van der Waals surface area contributed by atoms with Crippen molar-refractivity contribution in [2.45, 2.75) is 136 Å². The Bertz CT molecular complexity index is 2250. The van der Waals surface area contributed by atoms with Gasteiger partial charge in [-0.2, -0.15) is 0 Å². The zero-order valence-electron chi connectivity index (χ0n) is 36.6. The maximum Gasteiger partial charge on any atom is 0.246 e. The number of carbonyl (C=O) groups excluding carboxylic acids is 4. The summed E-state index contributed by atoms with van der Waals surface area (Å²) in [5.74, 6) is -2.78. The third kappa shape index (κ3) is 9.81. The average Bonchev–Trinajstić information content (AvgIpc) is 3.97. The van der Waals surface area contributed by atoms with Gasteiger partial charge in [-0.25, -0.2) is 22.5 Å². The quantitative estimate of drug-likeness (QED) is 0.101. The average molecular weight is 852 g/mol. The van der Waals surface area contributed by atoms with Crippen molar-refractivity contribution >= 4 is 45.4 Å². The lowest BCUT2D eigenvalue weighted by Gasteiger charge is -2.36. The second kappa shape index (κ2) is 18.7. The van der Waals surface area contributed by atoms with Crippen LogP contribution in [-0.4, -0.2) is 104 Å². The third-order valence-electron chi connectivity index (χ3n) is 12.7. The van der Waals surface area contributed by atoms with E-state index in [1.54, 1.807) is 42.5 Å². The van der Waals surface area contributed by atoms with Crippen molar-refractivity contribution < 1.29 is 36.7 Å². The molecule has 332 valence electrons. The van der Waals surface area contributed by atoms with Crippen molar-refractivity contribution in [2.75, 3.05) is 20.1 Å². The summed E-state index contributed by atoms with van der Waals surface area (Å²) in [5, 5.41) is 6.49. The molecule has 4 aromatic rings. The van der Waals surface area contributed by atoms with E-state index in [0.29, 0.717) is 52.8 Å². The molecule has 2 aromatic heterocycles. The molecule has 0 bridgehead atoms. The van der Waals surface area contributed by atoms with Gasteiger partial charge in [0.1, 0.15) is 35.8 Å². The zero-order valence-corrected chi connectivity index (χ0v) is 36.6. The molecule has 2 saturated heterocycles. The van der Waals surface area contributed by atoms with Gasteiger partial charge in [-0.3, -0.25) is 19.2 Å². The van der Waals surface area contributed by atoms with Crippen molar-refractivity contribution in [2.24, 2.45) is 17.3 Å². The molecule has 2 aliphatic heterocycles. The summed E-state index contributed by atoms with van der Waals surface area (Å²) in [5.41, 5.74) is 1.56. The van der Waals surface area contributed by atoms with Gasteiger partial charge in [-0.15, -0.1) is 0 Å². The highest BCUT2D eigenvalue weighted by Gasteiger charge is 2.44. The second-order valence-electron chi connectivity index (χ2n) is 18.3. The number of ketones is 1. The van der Waals surface area contributed by atoms with Crippen molar-refractivity contribution in [1.82, 2.24) is 35.0 Å². The number of likely N-dealkylation sites (N-methyl/N-ethyl adjacent to an activating group) is 1. The summed E-state index contributed by atoms with van der Waals surface area (Å²) in [6.07, 6.45) is -0.763. The Morgan fingerprint density at radius 3 is 2.20 bits per heavy atom. The monoisotopic (exact) mass is 851 g/mol. The van der Waals surface area contributed by atoms with Gasteiger partial charge in [-0.05, 0) is 74.5 Å². The maximum atomic E-state index is 15.6. The fourth-order valence-electron chi connectivity index (χ4n) is 8.94. The van der Waals surface area contributed by atoms with E-state index >= 15 is 8.78 Å². The fourth-order valence-corrected chi connectivity index (χ4v) is 8.94. The van der Waals surface area contributed by atoms with Gasteiger partial charge < -0.3 is 30.0 Å². The molecule has 3 amide bonds. The third-order valence-corrected chi connectivity index (χ3v) is 12.7. The molecule has 3 N–H and O–H groups in total. The maximum absolute atomic E-state index is 15.6. The lowest BCUT2D eigenvalue weighted by atomic mass is 9.85. The van der Waals surface area contributed by atoms with Gasteiger partial charge in [-0.1, -0.05) is 48.0 Å². The predicted molar refractivity (Wildman–Crippen MR) is 228 cm³/mol. The van der Waals surface area contributed by atoms with Crippen LogP contribution in [0, 0.1) is 28.9 Å². The fraction of sp³-hybridized carbons (Fsp3) is 0.587. The lowest BCUT2D eigenvalue weighted by molar-refractivity contribution is -0.141. The highest BCUT2D eigenvalue weighted by Crippen LogP contribution is 2.38. The van der Waals surface area contributed by atoms with E-state index in [2.05, 4.69) is 15.6 Å². The number of alkyl halides is 2. The first kappa shape index (κ1) is 45.7. The van der Waals surface area contributed by atoms with Crippen LogP contribution in [0.15, 0.2) is 36.4 Å². The van der Waals surface area contributed by atoms with Crippen molar-refractivity contribution in [1.29, 1.82) is 0 Å². The van der Waals surface area contributed by atoms with Crippen molar-refractivity contribution in [3.05, 3.63) is 53.6 Å². The van der Waals surface area contributed by atoms with Gasteiger partial charge >= 0.3 is 0 Å². The Balaban J connectivity index is 1.42. The summed E-state index contributed by atoms with van der Waals surface area (Å²) in [7, 11) is 1.68. The van der Waals surface area contributed by atoms with E-state index < -0.39 is 65.4 Å². The standard InChI is InChI=1S/C46H61F4N7O4/c1-9-11-27(16-39(58)26(4)51-8)44(60)55-22-30(49)17-32(55)21-35-34-14-12-28(47)19-36(34)52-40(35)42-53-37-20-29(48)13-15-38(37)57(42)24-33-18-31(50)23-56(33)45(61)41(46(5,6)7)54-43(59)25(3)10-2/h12-15,19-20,25-27,30-33,41,51-52H,9-11,16-18,21-24H2,1-8H3,(H,54,59)/t25-,26+,27-,30+,31+,32+,33+,41-/m1/s1. The number of hydrogen-bond acceptors (Lipinski definition) is 6. The van der Waals surface area contributed by atoms with E-state index in [-0.39, 0.29) is 74.3 Å². The van der Waals surface area contributed by atoms with Gasteiger partial charge in [0.2, 0.25) is 17.7 Å². The van der Waals surface area contributed by atoms with E-state index in [4.69, 9.17) is 4.98 Å².